The highest BCUT2D eigenvalue weighted by Crippen LogP contribution is 2.22. The summed E-state index contributed by atoms with van der Waals surface area (Å²) >= 11 is 0. The van der Waals surface area contributed by atoms with Crippen LogP contribution in [0.5, 0.6) is 0 Å². The maximum Gasteiger partial charge on any atom is 0.309 e. The van der Waals surface area contributed by atoms with Gasteiger partial charge in [0.2, 0.25) is 0 Å². The van der Waals surface area contributed by atoms with E-state index in [0.29, 0.717) is 17.8 Å². The first kappa shape index (κ1) is 30.0. The summed E-state index contributed by atoms with van der Waals surface area (Å²) in [5, 5.41) is 14.3. The average molecular weight is 577 g/mol. The Morgan fingerprint density at radius 1 is 1.05 bits per heavy atom. The number of nitrogens with one attached hydrogen (secondary N) is 2. The molecule has 10 heteroatoms. The van der Waals surface area contributed by atoms with E-state index >= 15 is 0 Å². The number of carbonyl (C=O) groups is 1. The molecule has 1 unspecified atom stereocenters. The minimum atomic E-state index is -3.72. The second-order valence-electron chi connectivity index (χ2n) is 10.5. The third kappa shape index (κ3) is 8.50. The quantitative estimate of drug-likeness (QED) is 0.200. The number of aryl methyl sites for hydroxylation is 1. The molecule has 0 aliphatic rings. The van der Waals surface area contributed by atoms with Crippen LogP contribution in [0, 0.1) is 0 Å². The van der Waals surface area contributed by atoms with E-state index in [1.807, 2.05) is 35.0 Å². The van der Waals surface area contributed by atoms with Gasteiger partial charge in [0.15, 0.2) is 0 Å². The van der Waals surface area contributed by atoms with Crippen molar-refractivity contribution < 1.29 is 23.1 Å². The van der Waals surface area contributed by atoms with Gasteiger partial charge in [0, 0.05) is 36.1 Å². The van der Waals surface area contributed by atoms with Gasteiger partial charge in [-0.2, -0.15) is 0 Å². The van der Waals surface area contributed by atoms with Crippen LogP contribution in [0.25, 0.3) is 11.3 Å². The number of carbonyl (C=O) groups excluding carboxylic acids is 1. The Morgan fingerprint density at radius 2 is 1.78 bits per heavy atom. The first-order chi connectivity index (χ1) is 19.5. The molecule has 0 fully saturated rings. The lowest BCUT2D eigenvalue weighted by Crippen LogP contribution is -2.42. The Balaban J connectivity index is 1.29. The lowest BCUT2D eigenvalue weighted by atomic mass is 9.99. The molecule has 1 heterocycles. The maximum atomic E-state index is 12.7. The second-order valence-corrected chi connectivity index (χ2v) is 12.2. The van der Waals surface area contributed by atoms with Crippen LogP contribution in [0.1, 0.15) is 37.5 Å². The summed E-state index contributed by atoms with van der Waals surface area (Å²) in [5.41, 5.74) is 3.41. The normalized spacial score (nSPS) is 12.6. The summed E-state index contributed by atoms with van der Waals surface area (Å²) in [5.74, 6) is -0.273. The molecule has 0 spiro atoms. The van der Waals surface area contributed by atoms with Gasteiger partial charge in [-0.3, -0.25) is 9.52 Å². The fourth-order valence-electron chi connectivity index (χ4n) is 4.27. The van der Waals surface area contributed by atoms with Gasteiger partial charge in [-0.15, -0.1) is 0 Å². The van der Waals surface area contributed by atoms with E-state index in [0.717, 1.165) is 29.8 Å². The van der Waals surface area contributed by atoms with Crippen molar-refractivity contribution in [3.63, 3.8) is 0 Å². The van der Waals surface area contributed by atoms with E-state index in [9.17, 15) is 18.3 Å². The van der Waals surface area contributed by atoms with Gasteiger partial charge >= 0.3 is 5.97 Å². The predicted octanol–water partition coefficient (Wildman–Crippen LogP) is 4.56. The van der Waals surface area contributed by atoms with Gasteiger partial charge in [0.1, 0.15) is 0 Å². The number of hydrogen-bond acceptors (Lipinski definition) is 7. The lowest BCUT2D eigenvalue weighted by molar-refractivity contribution is -0.139. The van der Waals surface area contributed by atoms with Crippen molar-refractivity contribution in [3.05, 3.63) is 103 Å². The highest BCUT2D eigenvalue weighted by molar-refractivity contribution is 7.92. The molecule has 1 aromatic heterocycles. The molecule has 0 aliphatic heterocycles. The summed E-state index contributed by atoms with van der Waals surface area (Å²) in [6.45, 7) is 5.17. The Hall–Kier alpha value is -3.99. The number of anilines is 1. The van der Waals surface area contributed by atoms with Crippen LogP contribution in [-0.2, 0) is 32.5 Å². The van der Waals surface area contributed by atoms with Crippen molar-refractivity contribution in [1.29, 1.82) is 0 Å². The molecule has 0 radical (unpaired) electrons. The van der Waals surface area contributed by atoms with Crippen LogP contribution in [0.2, 0.25) is 0 Å². The topological polar surface area (TPSA) is 123 Å². The SMILES string of the molecule is COC(=O)Cc1ccc(-c2cn(CCC(C)(C)NCC(O)c3cccc(NS(=O)(=O)c4ccccc4)c3)cn2)cc1. The number of benzene rings is 3. The van der Waals surface area contributed by atoms with Crippen molar-refractivity contribution in [1.82, 2.24) is 14.9 Å². The van der Waals surface area contributed by atoms with Crippen molar-refractivity contribution in [2.24, 2.45) is 0 Å². The molecule has 0 saturated carbocycles. The molecule has 9 nitrogen and oxygen atoms in total. The molecule has 3 N–H and O–H groups in total. The lowest BCUT2D eigenvalue weighted by Gasteiger charge is -2.28. The largest absolute Gasteiger partial charge is 0.469 e. The standard InChI is InChI=1S/C31H36N4O5S/c1-31(2,16-17-35-21-28(32-22-35)24-14-12-23(13-15-24)18-30(37)40-3)33-20-29(36)25-8-7-9-26(19-25)34-41(38,39)27-10-5-4-6-11-27/h4-15,19,21-22,29,33-34,36H,16-18,20H2,1-3H3. The first-order valence-electron chi connectivity index (χ1n) is 13.3. The third-order valence-corrected chi connectivity index (χ3v) is 8.20. The monoisotopic (exact) mass is 576 g/mol. The minimum Gasteiger partial charge on any atom is -0.469 e. The Bertz CT molecular complexity index is 1550. The number of imidazole rings is 1. The van der Waals surface area contributed by atoms with Crippen molar-refractivity contribution in [2.75, 3.05) is 18.4 Å². The van der Waals surface area contributed by atoms with E-state index in [1.54, 1.807) is 48.8 Å². The molecule has 216 valence electrons. The van der Waals surface area contributed by atoms with Gasteiger partial charge in [-0.05, 0) is 55.7 Å². The second kappa shape index (κ2) is 13.1. The van der Waals surface area contributed by atoms with E-state index in [1.165, 1.54) is 19.2 Å². The molecular formula is C31H36N4O5S. The Morgan fingerprint density at radius 3 is 2.49 bits per heavy atom. The minimum absolute atomic E-state index is 0.174. The summed E-state index contributed by atoms with van der Waals surface area (Å²) in [4.78, 5) is 16.2. The zero-order chi connectivity index (χ0) is 29.5. The van der Waals surface area contributed by atoms with E-state index in [4.69, 9.17) is 4.74 Å². The van der Waals surface area contributed by atoms with Crippen LogP contribution in [0.3, 0.4) is 0 Å². The molecule has 3 aromatic carbocycles. The zero-order valence-corrected chi connectivity index (χ0v) is 24.3. The van der Waals surface area contributed by atoms with Crippen LogP contribution in [0.4, 0.5) is 5.69 Å². The van der Waals surface area contributed by atoms with Gasteiger partial charge in [0.25, 0.3) is 10.0 Å². The summed E-state index contributed by atoms with van der Waals surface area (Å²) < 4.78 is 34.6. The third-order valence-electron chi connectivity index (χ3n) is 6.81. The maximum absolute atomic E-state index is 12.7. The summed E-state index contributed by atoms with van der Waals surface area (Å²) in [7, 11) is -2.34. The Labute approximate surface area is 241 Å². The highest BCUT2D eigenvalue weighted by atomic mass is 32.2. The molecule has 41 heavy (non-hydrogen) atoms. The molecule has 1 atom stereocenters. The van der Waals surface area contributed by atoms with Crippen LogP contribution in [-0.4, -0.2) is 48.2 Å². The number of aliphatic hydroxyl groups is 1. The first-order valence-corrected chi connectivity index (χ1v) is 14.8. The van der Waals surface area contributed by atoms with Gasteiger partial charge in [-0.25, -0.2) is 13.4 Å². The van der Waals surface area contributed by atoms with Crippen LogP contribution >= 0.6 is 0 Å². The highest BCUT2D eigenvalue weighted by Gasteiger charge is 2.20. The smallest absolute Gasteiger partial charge is 0.309 e. The van der Waals surface area contributed by atoms with Gasteiger partial charge in [0.05, 0.1) is 36.6 Å². The van der Waals surface area contributed by atoms with Gasteiger partial charge in [-0.1, -0.05) is 54.6 Å². The van der Waals surface area contributed by atoms with Crippen molar-refractivity contribution in [3.8, 4) is 11.3 Å². The fraction of sp³-hybridized carbons (Fsp3) is 0.290. The van der Waals surface area contributed by atoms with Crippen molar-refractivity contribution >= 4 is 21.7 Å². The molecule has 0 amide bonds. The molecular weight excluding hydrogens is 540 g/mol. The molecule has 0 saturated heterocycles. The molecule has 0 bridgehead atoms. The molecule has 4 rings (SSSR count). The number of β-amino-alcohol motifs (C(OH)–C–C–N with tert-alkyl or cyclic N) is 1. The number of esters is 1. The fourth-order valence-corrected chi connectivity index (χ4v) is 5.35. The number of methoxy groups -OCH3 is 1. The van der Waals surface area contributed by atoms with Gasteiger partial charge < -0.3 is 19.7 Å². The number of sulfonamides is 1. The summed E-state index contributed by atoms with van der Waals surface area (Å²) in [6, 6.07) is 22.6. The van der Waals surface area contributed by atoms with Crippen LogP contribution in [0.15, 0.2) is 96.3 Å². The number of nitrogens with zero attached hydrogens (tertiary/aromatic N) is 2. The van der Waals surface area contributed by atoms with Crippen LogP contribution < -0.4 is 10.0 Å². The Kier molecular flexibility index (Phi) is 9.59. The number of ether oxygens (including phenoxy) is 1. The number of hydrogen-bond donors (Lipinski definition) is 3. The van der Waals surface area contributed by atoms with Crippen molar-refractivity contribution in [2.45, 2.75) is 49.8 Å². The zero-order valence-electron chi connectivity index (χ0n) is 23.4. The molecule has 0 aliphatic carbocycles. The number of rotatable bonds is 13. The summed E-state index contributed by atoms with van der Waals surface area (Å²) in [6.07, 6.45) is 3.98. The predicted molar refractivity (Wildman–Crippen MR) is 159 cm³/mol. The van der Waals surface area contributed by atoms with E-state index in [-0.39, 0.29) is 22.8 Å². The number of aliphatic hydroxyl groups excluding tert-OH is 1. The molecule has 4 aromatic rings. The van der Waals surface area contributed by atoms with E-state index in [2.05, 4.69) is 28.9 Å². The van der Waals surface area contributed by atoms with E-state index < -0.39 is 16.1 Å². The number of aromatic nitrogens is 2. The average Bonchev–Trinajstić information content (AvgIpc) is 3.45.